The maximum absolute atomic E-state index is 12.0. The van der Waals surface area contributed by atoms with Gasteiger partial charge in [0.15, 0.2) is 5.96 Å². The van der Waals surface area contributed by atoms with Crippen molar-refractivity contribution in [2.45, 2.75) is 45.6 Å². The second-order valence-corrected chi connectivity index (χ2v) is 7.24. The zero-order chi connectivity index (χ0) is 17.6. The Balaban J connectivity index is 0.00000243. The molecular weight excluding hydrogens is 439 g/mol. The highest BCUT2D eigenvalue weighted by atomic mass is 127. The molecule has 0 aromatic heterocycles. The highest BCUT2D eigenvalue weighted by Crippen LogP contribution is 2.21. The molecular formula is C20H31IN4O. The van der Waals surface area contributed by atoms with E-state index in [1.54, 1.807) is 0 Å². The second kappa shape index (κ2) is 10.1. The number of rotatable bonds is 3. The van der Waals surface area contributed by atoms with Crippen molar-refractivity contribution in [2.24, 2.45) is 10.9 Å². The lowest BCUT2D eigenvalue weighted by molar-refractivity contribution is -0.119. The number of carbonyl (C=O) groups is 1. The lowest BCUT2D eigenvalue weighted by Crippen LogP contribution is -2.45. The minimum absolute atomic E-state index is 0. The van der Waals surface area contributed by atoms with Gasteiger partial charge >= 0.3 is 0 Å². The number of anilines is 1. The number of aliphatic imine (C=N–C) groups is 1. The predicted molar refractivity (Wildman–Crippen MR) is 118 cm³/mol. The molecule has 2 saturated heterocycles. The molecule has 1 aromatic carbocycles. The normalized spacial score (nSPS) is 19.3. The van der Waals surface area contributed by atoms with Gasteiger partial charge in [-0.3, -0.25) is 9.79 Å². The van der Waals surface area contributed by atoms with Gasteiger partial charge in [-0.2, -0.15) is 0 Å². The summed E-state index contributed by atoms with van der Waals surface area (Å²) in [5, 5.41) is 3.47. The van der Waals surface area contributed by atoms with Crippen LogP contribution in [0.5, 0.6) is 0 Å². The summed E-state index contributed by atoms with van der Waals surface area (Å²) in [4.78, 5) is 20.7. The smallest absolute Gasteiger partial charge is 0.226 e. The summed E-state index contributed by atoms with van der Waals surface area (Å²) < 4.78 is 0. The fourth-order valence-corrected chi connectivity index (χ4v) is 3.61. The van der Waals surface area contributed by atoms with E-state index >= 15 is 0 Å². The van der Waals surface area contributed by atoms with Crippen LogP contribution in [0.1, 0.15) is 44.6 Å². The molecule has 0 aliphatic carbocycles. The van der Waals surface area contributed by atoms with Crippen LogP contribution in [-0.2, 0) is 11.3 Å². The van der Waals surface area contributed by atoms with Crippen LogP contribution in [0.15, 0.2) is 29.3 Å². The third-order valence-electron chi connectivity index (χ3n) is 5.32. The van der Waals surface area contributed by atoms with E-state index < -0.39 is 0 Å². The van der Waals surface area contributed by atoms with Gasteiger partial charge in [-0.1, -0.05) is 19.1 Å². The van der Waals surface area contributed by atoms with E-state index in [0.29, 0.717) is 6.42 Å². The first-order valence-corrected chi connectivity index (χ1v) is 9.52. The SMILES string of the molecule is CN=C(NCc1ccc(N2CCCCC2=O)cc1)N1CCC(C)CC1.I. The lowest BCUT2D eigenvalue weighted by Gasteiger charge is -2.33. The van der Waals surface area contributed by atoms with Crippen molar-refractivity contribution in [1.29, 1.82) is 0 Å². The van der Waals surface area contributed by atoms with Crippen molar-refractivity contribution in [3.8, 4) is 0 Å². The van der Waals surface area contributed by atoms with Crippen LogP contribution in [0.4, 0.5) is 5.69 Å². The molecule has 2 aliphatic heterocycles. The van der Waals surface area contributed by atoms with Crippen molar-refractivity contribution in [3.05, 3.63) is 29.8 Å². The largest absolute Gasteiger partial charge is 0.352 e. The van der Waals surface area contributed by atoms with Crippen LogP contribution in [0, 0.1) is 5.92 Å². The van der Waals surface area contributed by atoms with Gasteiger partial charge in [0.25, 0.3) is 0 Å². The summed E-state index contributed by atoms with van der Waals surface area (Å²) in [6.07, 6.45) is 5.26. The molecule has 5 nitrogen and oxygen atoms in total. The zero-order valence-electron chi connectivity index (χ0n) is 15.9. The summed E-state index contributed by atoms with van der Waals surface area (Å²) in [5.41, 5.74) is 2.22. The number of carbonyl (C=O) groups excluding carboxylic acids is 1. The topological polar surface area (TPSA) is 47.9 Å². The second-order valence-electron chi connectivity index (χ2n) is 7.24. The molecule has 2 aliphatic rings. The number of amides is 1. The lowest BCUT2D eigenvalue weighted by atomic mass is 9.99. The monoisotopic (exact) mass is 470 g/mol. The molecule has 6 heteroatoms. The molecule has 1 amide bonds. The average Bonchev–Trinajstić information content (AvgIpc) is 2.65. The highest BCUT2D eigenvalue weighted by molar-refractivity contribution is 14.0. The van der Waals surface area contributed by atoms with Crippen molar-refractivity contribution in [3.63, 3.8) is 0 Å². The number of nitrogens with zero attached hydrogens (tertiary/aromatic N) is 3. The molecule has 144 valence electrons. The van der Waals surface area contributed by atoms with Gasteiger partial charge in [-0.05, 0) is 49.3 Å². The third-order valence-corrected chi connectivity index (χ3v) is 5.32. The first-order chi connectivity index (χ1) is 12.2. The standard InChI is InChI=1S/C20H30N4O.HI/c1-16-10-13-23(14-11-16)20(21-2)22-15-17-6-8-18(9-7-17)24-12-4-3-5-19(24)25;/h6-9,16H,3-5,10-15H2,1-2H3,(H,21,22);1H. The highest BCUT2D eigenvalue weighted by Gasteiger charge is 2.20. The zero-order valence-corrected chi connectivity index (χ0v) is 18.2. The van der Waals surface area contributed by atoms with Crippen LogP contribution in [0.25, 0.3) is 0 Å². The van der Waals surface area contributed by atoms with E-state index in [1.165, 1.54) is 18.4 Å². The van der Waals surface area contributed by atoms with Crippen LogP contribution in [-0.4, -0.2) is 43.4 Å². The molecule has 3 rings (SSSR count). The summed E-state index contributed by atoms with van der Waals surface area (Å²) >= 11 is 0. The molecule has 0 radical (unpaired) electrons. The Labute approximate surface area is 174 Å². The maximum atomic E-state index is 12.0. The van der Waals surface area contributed by atoms with E-state index in [-0.39, 0.29) is 29.9 Å². The molecule has 0 spiro atoms. The van der Waals surface area contributed by atoms with Crippen molar-refractivity contribution >= 4 is 41.5 Å². The Morgan fingerprint density at radius 3 is 2.46 bits per heavy atom. The Morgan fingerprint density at radius 2 is 1.85 bits per heavy atom. The number of hydrogen-bond donors (Lipinski definition) is 1. The molecule has 1 N–H and O–H groups in total. The minimum Gasteiger partial charge on any atom is -0.352 e. The minimum atomic E-state index is 0. The van der Waals surface area contributed by atoms with E-state index in [2.05, 4.69) is 46.4 Å². The van der Waals surface area contributed by atoms with Gasteiger partial charge in [0.1, 0.15) is 0 Å². The molecule has 1 aromatic rings. The molecule has 0 bridgehead atoms. The van der Waals surface area contributed by atoms with E-state index in [4.69, 9.17) is 0 Å². The third kappa shape index (κ3) is 5.34. The van der Waals surface area contributed by atoms with Gasteiger partial charge in [-0.15, -0.1) is 24.0 Å². The number of likely N-dealkylation sites (tertiary alicyclic amines) is 1. The first kappa shape index (κ1) is 21.0. The predicted octanol–water partition coefficient (Wildman–Crippen LogP) is 3.63. The molecule has 0 atom stereocenters. The van der Waals surface area contributed by atoms with Gasteiger partial charge in [-0.25, -0.2) is 0 Å². The number of piperidine rings is 2. The Hall–Kier alpha value is -1.31. The van der Waals surface area contributed by atoms with Crippen LogP contribution >= 0.6 is 24.0 Å². The van der Waals surface area contributed by atoms with Crippen molar-refractivity contribution in [2.75, 3.05) is 31.6 Å². The Morgan fingerprint density at radius 1 is 1.15 bits per heavy atom. The van der Waals surface area contributed by atoms with E-state index in [0.717, 1.165) is 56.6 Å². The average molecular weight is 470 g/mol. The van der Waals surface area contributed by atoms with Crippen LogP contribution < -0.4 is 10.2 Å². The number of guanidine groups is 1. The van der Waals surface area contributed by atoms with Gasteiger partial charge in [0, 0.05) is 45.3 Å². The van der Waals surface area contributed by atoms with E-state index in [9.17, 15) is 4.79 Å². The first-order valence-electron chi connectivity index (χ1n) is 9.52. The van der Waals surface area contributed by atoms with Gasteiger partial charge in [0.2, 0.25) is 5.91 Å². The quantitative estimate of drug-likeness (QED) is 0.417. The number of halogens is 1. The van der Waals surface area contributed by atoms with Crippen LogP contribution in [0.2, 0.25) is 0 Å². The summed E-state index contributed by atoms with van der Waals surface area (Å²) in [7, 11) is 1.85. The van der Waals surface area contributed by atoms with Crippen molar-refractivity contribution in [1.82, 2.24) is 10.2 Å². The summed E-state index contributed by atoms with van der Waals surface area (Å²) in [6.45, 7) is 6.08. The number of hydrogen-bond acceptors (Lipinski definition) is 2. The Bertz CT molecular complexity index is 609. The fourth-order valence-electron chi connectivity index (χ4n) is 3.61. The van der Waals surface area contributed by atoms with Gasteiger partial charge in [0.05, 0.1) is 0 Å². The fraction of sp³-hybridized carbons (Fsp3) is 0.600. The van der Waals surface area contributed by atoms with Crippen molar-refractivity contribution < 1.29 is 4.79 Å². The number of nitrogens with one attached hydrogen (secondary N) is 1. The molecule has 26 heavy (non-hydrogen) atoms. The van der Waals surface area contributed by atoms with E-state index in [1.807, 2.05) is 11.9 Å². The Kier molecular flexibility index (Phi) is 8.18. The van der Waals surface area contributed by atoms with Gasteiger partial charge < -0.3 is 15.1 Å². The molecule has 2 fully saturated rings. The summed E-state index contributed by atoms with van der Waals surface area (Å²) in [5.74, 6) is 2.05. The van der Waals surface area contributed by atoms with Crippen LogP contribution in [0.3, 0.4) is 0 Å². The number of benzene rings is 1. The summed E-state index contributed by atoms with van der Waals surface area (Å²) in [6, 6.07) is 8.34. The maximum Gasteiger partial charge on any atom is 0.226 e. The molecule has 0 saturated carbocycles. The molecule has 0 unspecified atom stereocenters. The molecule has 2 heterocycles.